The minimum absolute atomic E-state index is 0.150. The lowest BCUT2D eigenvalue weighted by Crippen LogP contribution is -2.40. The molecular formula is C28H31NO6S. The van der Waals surface area contributed by atoms with Crippen LogP contribution >= 0.6 is 0 Å². The van der Waals surface area contributed by atoms with Crippen LogP contribution in [-0.2, 0) is 10.0 Å². The Labute approximate surface area is 212 Å². The van der Waals surface area contributed by atoms with Gasteiger partial charge in [0.05, 0.1) is 11.3 Å². The molecule has 0 saturated carbocycles. The number of hydrogen-bond donors (Lipinski definition) is 3. The Morgan fingerprint density at radius 2 is 1.67 bits per heavy atom. The molecule has 0 amide bonds. The molecule has 4 rings (SSSR count). The van der Waals surface area contributed by atoms with Crippen LogP contribution in [0.25, 0.3) is 11.1 Å². The summed E-state index contributed by atoms with van der Waals surface area (Å²) < 4.78 is 38.9. The van der Waals surface area contributed by atoms with E-state index in [1.807, 2.05) is 37.3 Å². The molecule has 2 atom stereocenters. The highest BCUT2D eigenvalue weighted by atomic mass is 32.2. The van der Waals surface area contributed by atoms with Gasteiger partial charge in [-0.2, -0.15) is 0 Å². The van der Waals surface area contributed by atoms with E-state index in [1.54, 1.807) is 57.2 Å². The minimum Gasteiger partial charge on any atom is -0.508 e. The second-order valence-electron chi connectivity index (χ2n) is 9.26. The molecule has 36 heavy (non-hydrogen) atoms. The summed E-state index contributed by atoms with van der Waals surface area (Å²) in [5, 5.41) is 19.6. The number of rotatable bonds is 8. The Kier molecular flexibility index (Phi) is 7.28. The van der Waals surface area contributed by atoms with Gasteiger partial charge >= 0.3 is 0 Å². The van der Waals surface area contributed by atoms with Crippen LogP contribution in [0.15, 0.2) is 66.7 Å². The van der Waals surface area contributed by atoms with Crippen LogP contribution in [0.4, 0.5) is 0 Å². The van der Waals surface area contributed by atoms with Gasteiger partial charge < -0.3 is 19.7 Å². The Bertz CT molecular complexity index is 1380. The number of phenols is 2. The minimum atomic E-state index is -3.38. The Morgan fingerprint density at radius 1 is 0.972 bits per heavy atom. The van der Waals surface area contributed by atoms with Gasteiger partial charge in [0.25, 0.3) is 0 Å². The predicted octanol–water partition coefficient (Wildman–Crippen LogP) is 5.26. The molecule has 1 aliphatic heterocycles. The van der Waals surface area contributed by atoms with Crippen molar-refractivity contribution in [2.45, 2.75) is 45.1 Å². The molecule has 0 bridgehead atoms. The zero-order valence-electron chi connectivity index (χ0n) is 20.7. The molecule has 0 aromatic heterocycles. The molecule has 3 N–H and O–H groups in total. The van der Waals surface area contributed by atoms with Crippen molar-refractivity contribution >= 4 is 21.2 Å². The number of aromatic hydroxyl groups is 2. The van der Waals surface area contributed by atoms with Crippen molar-refractivity contribution in [3.05, 3.63) is 83.4 Å². The van der Waals surface area contributed by atoms with Crippen LogP contribution in [-0.4, -0.2) is 36.5 Å². The van der Waals surface area contributed by atoms with E-state index >= 15 is 0 Å². The van der Waals surface area contributed by atoms with E-state index in [9.17, 15) is 18.6 Å². The molecule has 0 fully saturated rings. The first-order valence-electron chi connectivity index (χ1n) is 11.8. The molecule has 2 unspecified atom stereocenters. The van der Waals surface area contributed by atoms with Gasteiger partial charge in [-0.05, 0) is 86.9 Å². The molecular weight excluding hydrogens is 478 g/mol. The number of sulfonamides is 1. The third kappa shape index (κ3) is 5.50. The summed E-state index contributed by atoms with van der Waals surface area (Å²) in [7, 11) is -3.38. The molecule has 0 saturated heterocycles. The topological polar surface area (TPSA) is 105 Å². The third-order valence-electron chi connectivity index (χ3n) is 6.10. The molecule has 8 heteroatoms. The molecule has 3 aromatic rings. The third-order valence-corrected chi connectivity index (χ3v) is 8.08. The van der Waals surface area contributed by atoms with E-state index in [-0.39, 0.29) is 24.1 Å². The largest absolute Gasteiger partial charge is 0.508 e. The standard InChI is InChI=1S/C28H31NO6S/c1-17(2)36(32,33)29-18(3)16-34-24-11-8-20(9-12-24)28-27(21-6-5-7-22(30)14-21)19(4)25-15-23(31)10-13-26(25)35-28/h5-15,17-18,28-31H,16H2,1-4H3. The second kappa shape index (κ2) is 10.2. The maximum absolute atomic E-state index is 12.1. The summed E-state index contributed by atoms with van der Waals surface area (Å²) in [6.45, 7) is 7.18. The summed E-state index contributed by atoms with van der Waals surface area (Å²) in [5.74, 6) is 1.57. The lowest BCUT2D eigenvalue weighted by atomic mass is 9.86. The van der Waals surface area contributed by atoms with Crippen molar-refractivity contribution in [3.8, 4) is 23.0 Å². The van der Waals surface area contributed by atoms with Gasteiger partial charge in [-0.15, -0.1) is 0 Å². The molecule has 1 aliphatic rings. The maximum Gasteiger partial charge on any atom is 0.214 e. The lowest BCUT2D eigenvalue weighted by Gasteiger charge is -2.31. The molecule has 0 spiro atoms. The van der Waals surface area contributed by atoms with Gasteiger partial charge in [0, 0.05) is 11.1 Å². The summed E-state index contributed by atoms with van der Waals surface area (Å²) in [6, 6.07) is 19.1. The van der Waals surface area contributed by atoms with Crippen LogP contribution in [0.5, 0.6) is 23.0 Å². The molecule has 190 valence electrons. The summed E-state index contributed by atoms with van der Waals surface area (Å²) in [5.41, 5.74) is 4.32. The second-order valence-corrected chi connectivity index (χ2v) is 11.5. The first-order valence-corrected chi connectivity index (χ1v) is 13.3. The average molecular weight is 510 g/mol. The van der Waals surface area contributed by atoms with Crippen molar-refractivity contribution in [2.75, 3.05) is 6.61 Å². The van der Waals surface area contributed by atoms with Gasteiger partial charge in [-0.25, -0.2) is 13.1 Å². The normalized spacial score (nSPS) is 16.4. The van der Waals surface area contributed by atoms with Gasteiger partial charge in [0.1, 0.15) is 35.7 Å². The number of allylic oxidation sites excluding steroid dienone is 1. The number of hydrogen-bond acceptors (Lipinski definition) is 6. The highest BCUT2D eigenvalue weighted by Crippen LogP contribution is 2.47. The van der Waals surface area contributed by atoms with Crippen molar-refractivity contribution in [1.82, 2.24) is 4.72 Å². The number of fused-ring (bicyclic) bond motifs is 1. The van der Waals surface area contributed by atoms with Crippen LogP contribution in [0.1, 0.15) is 50.5 Å². The zero-order valence-corrected chi connectivity index (χ0v) is 21.5. The van der Waals surface area contributed by atoms with Crippen molar-refractivity contribution in [1.29, 1.82) is 0 Å². The van der Waals surface area contributed by atoms with Crippen LogP contribution in [0, 0.1) is 0 Å². The Hall–Kier alpha value is -3.49. The fraction of sp³-hybridized carbons (Fsp3) is 0.286. The van der Waals surface area contributed by atoms with E-state index in [4.69, 9.17) is 9.47 Å². The van der Waals surface area contributed by atoms with Crippen molar-refractivity contribution in [3.63, 3.8) is 0 Å². The van der Waals surface area contributed by atoms with Crippen molar-refractivity contribution in [2.24, 2.45) is 0 Å². The zero-order chi connectivity index (χ0) is 26.0. The van der Waals surface area contributed by atoms with Crippen molar-refractivity contribution < 1.29 is 28.1 Å². The highest BCUT2D eigenvalue weighted by molar-refractivity contribution is 7.90. The predicted molar refractivity (Wildman–Crippen MR) is 141 cm³/mol. The fourth-order valence-electron chi connectivity index (χ4n) is 4.13. The number of phenolic OH excluding ortho intramolecular Hbond substituents is 2. The number of benzene rings is 3. The SMILES string of the molecule is CC1=C(c2cccc(O)c2)C(c2ccc(OCC(C)NS(=O)(=O)C(C)C)cc2)Oc2ccc(O)cc21. The number of nitrogens with one attached hydrogen (secondary N) is 1. The van der Waals surface area contributed by atoms with E-state index in [0.717, 1.165) is 27.8 Å². The maximum atomic E-state index is 12.1. The van der Waals surface area contributed by atoms with Gasteiger partial charge in [0.15, 0.2) is 0 Å². The lowest BCUT2D eigenvalue weighted by molar-refractivity contribution is 0.259. The number of ether oxygens (including phenoxy) is 2. The van der Waals surface area contributed by atoms with Gasteiger partial charge in [0.2, 0.25) is 10.0 Å². The van der Waals surface area contributed by atoms with Crippen LogP contribution in [0.3, 0.4) is 0 Å². The summed E-state index contributed by atoms with van der Waals surface area (Å²) in [6.07, 6.45) is -0.449. The monoisotopic (exact) mass is 509 g/mol. The molecule has 7 nitrogen and oxygen atoms in total. The highest BCUT2D eigenvalue weighted by Gasteiger charge is 2.29. The van der Waals surface area contributed by atoms with Gasteiger partial charge in [-0.3, -0.25) is 0 Å². The summed E-state index contributed by atoms with van der Waals surface area (Å²) >= 11 is 0. The average Bonchev–Trinajstić information content (AvgIpc) is 2.83. The van der Waals surface area contributed by atoms with Crippen LogP contribution in [0.2, 0.25) is 0 Å². The molecule has 0 aliphatic carbocycles. The van der Waals surface area contributed by atoms with Crippen LogP contribution < -0.4 is 14.2 Å². The van der Waals surface area contributed by atoms with E-state index < -0.39 is 21.4 Å². The van der Waals surface area contributed by atoms with E-state index in [1.165, 1.54) is 0 Å². The Balaban J connectivity index is 1.60. The van der Waals surface area contributed by atoms with E-state index in [2.05, 4.69) is 4.72 Å². The molecule has 1 heterocycles. The van der Waals surface area contributed by atoms with E-state index in [0.29, 0.717) is 11.5 Å². The fourth-order valence-corrected chi connectivity index (χ4v) is 5.03. The van der Waals surface area contributed by atoms with Gasteiger partial charge in [-0.1, -0.05) is 24.3 Å². The smallest absolute Gasteiger partial charge is 0.214 e. The quantitative estimate of drug-likeness (QED) is 0.383. The summed E-state index contributed by atoms with van der Waals surface area (Å²) in [4.78, 5) is 0. The first kappa shape index (κ1) is 25.6. The Morgan fingerprint density at radius 3 is 2.33 bits per heavy atom. The first-order chi connectivity index (χ1) is 17.0. The molecule has 0 radical (unpaired) electrons. The molecule has 3 aromatic carbocycles.